The first-order valence-corrected chi connectivity index (χ1v) is 8.52. The van der Waals surface area contributed by atoms with Gasteiger partial charge < -0.3 is 0 Å². The van der Waals surface area contributed by atoms with Crippen LogP contribution in [0.25, 0.3) is 0 Å². The molecule has 1 radical (unpaired) electrons. The van der Waals surface area contributed by atoms with Crippen LogP contribution in [0.5, 0.6) is 0 Å². The van der Waals surface area contributed by atoms with E-state index in [9.17, 15) is 0 Å². The Hall–Kier alpha value is 0. The van der Waals surface area contributed by atoms with E-state index in [0.717, 1.165) is 11.8 Å². The maximum Gasteiger partial charge on any atom is -0.0383 e. The highest BCUT2D eigenvalue weighted by atomic mass is 14.1. The average molecular weight is 253 g/mol. The van der Waals surface area contributed by atoms with E-state index in [1.165, 1.54) is 70.6 Å². The van der Waals surface area contributed by atoms with Crippen molar-refractivity contribution in [3.63, 3.8) is 0 Å². The van der Waals surface area contributed by atoms with Crippen molar-refractivity contribution in [2.45, 2.75) is 98.3 Å². The zero-order valence-electron chi connectivity index (χ0n) is 13.5. The Morgan fingerprint density at radius 3 is 2.00 bits per heavy atom. The Kier molecular flexibility index (Phi) is 13.4. The lowest BCUT2D eigenvalue weighted by Crippen LogP contribution is -1.97. The molecular formula is C18H37. The largest absolute Gasteiger partial charge is 0.0654 e. The summed E-state index contributed by atoms with van der Waals surface area (Å²) in [5.41, 5.74) is 0. The van der Waals surface area contributed by atoms with E-state index in [-0.39, 0.29) is 0 Å². The monoisotopic (exact) mass is 253 g/mol. The van der Waals surface area contributed by atoms with Gasteiger partial charge in [0.05, 0.1) is 0 Å². The molecule has 0 fully saturated rings. The molecule has 0 spiro atoms. The quantitative estimate of drug-likeness (QED) is 0.317. The zero-order valence-corrected chi connectivity index (χ0v) is 13.5. The van der Waals surface area contributed by atoms with E-state index in [0.29, 0.717) is 0 Å². The van der Waals surface area contributed by atoms with Crippen LogP contribution in [0.1, 0.15) is 98.3 Å². The topological polar surface area (TPSA) is 0 Å². The molecule has 0 bridgehead atoms. The normalized spacial score (nSPS) is 14.7. The molecule has 0 aromatic heterocycles. The number of rotatable bonds is 13. The summed E-state index contributed by atoms with van der Waals surface area (Å²) >= 11 is 0. The van der Waals surface area contributed by atoms with Crippen LogP contribution < -0.4 is 0 Å². The van der Waals surface area contributed by atoms with Crippen molar-refractivity contribution in [1.82, 2.24) is 0 Å². The standard InChI is InChI=1S/C18H37/c1-5-7-10-14-18(4)16-12-9-11-15-17(3)13-8-6-2/h12,17-18H,5-11,13-16H2,1-4H3. The highest BCUT2D eigenvalue weighted by Gasteiger charge is 2.04. The third-order valence-electron chi connectivity index (χ3n) is 4.03. The van der Waals surface area contributed by atoms with Gasteiger partial charge in [-0.3, -0.25) is 0 Å². The van der Waals surface area contributed by atoms with Gasteiger partial charge in [-0.1, -0.05) is 91.9 Å². The van der Waals surface area contributed by atoms with Crippen molar-refractivity contribution in [3.05, 3.63) is 6.42 Å². The maximum absolute atomic E-state index is 2.54. The second kappa shape index (κ2) is 13.4. The van der Waals surface area contributed by atoms with E-state index in [2.05, 4.69) is 34.1 Å². The van der Waals surface area contributed by atoms with Crippen molar-refractivity contribution < 1.29 is 0 Å². The first kappa shape index (κ1) is 18.0. The summed E-state index contributed by atoms with van der Waals surface area (Å²) in [6, 6.07) is 0. The van der Waals surface area contributed by atoms with Crippen LogP contribution in [0.2, 0.25) is 0 Å². The Labute approximate surface area is 117 Å². The summed E-state index contributed by atoms with van der Waals surface area (Å²) in [6.07, 6.45) is 17.9. The highest BCUT2D eigenvalue weighted by Crippen LogP contribution is 2.19. The lowest BCUT2D eigenvalue weighted by Gasteiger charge is -2.12. The minimum absolute atomic E-state index is 0.911. The van der Waals surface area contributed by atoms with Crippen LogP contribution in [0.3, 0.4) is 0 Å². The van der Waals surface area contributed by atoms with Gasteiger partial charge in [-0.25, -0.2) is 0 Å². The lowest BCUT2D eigenvalue weighted by atomic mass is 9.94. The molecule has 0 saturated carbocycles. The molecule has 2 atom stereocenters. The van der Waals surface area contributed by atoms with Crippen LogP contribution in [-0.4, -0.2) is 0 Å². The van der Waals surface area contributed by atoms with Gasteiger partial charge in [0.2, 0.25) is 0 Å². The Bertz CT molecular complexity index is 150. The van der Waals surface area contributed by atoms with Crippen LogP contribution >= 0.6 is 0 Å². The van der Waals surface area contributed by atoms with Crippen molar-refractivity contribution in [1.29, 1.82) is 0 Å². The zero-order chi connectivity index (χ0) is 13.6. The Morgan fingerprint density at radius 1 is 0.722 bits per heavy atom. The van der Waals surface area contributed by atoms with Gasteiger partial charge in [-0.15, -0.1) is 0 Å². The molecule has 0 aromatic carbocycles. The van der Waals surface area contributed by atoms with Crippen LogP contribution in [0.15, 0.2) is 0 Å². The average Bonchev–Trinajstić information content (AvgIpc) is 2.36. The number of unbranched alkanes of at least 4 members (excludes halogenated alkanes) is 5. The van der Waals surface area contributed by atoms with Crippen molar-refractivity contribution in [2.75, 3.05) is 0 Å². The van der Waals surface area contributed by atoms with E-state index < -0.39 is 0 Å². The maximum atomic E-state index is 2.54. The van der Waals surface area contributed by atoms with E-state index in [1.807, 2.05) is 0 Å². The molecule has 0 aliphatic carbocycles. The second-order valence-electron chi connectivity index (χ2n) is 6.30. The van der Waals surface area contributed by atoms with Crippen molar-refractivity contribution in [2.24, 2.45) is 11.8 Å². The molecule has 0 nitrogen and oxygen atoms in total. The minimum Gasteiger partial charge on any atom is -0.0654 e. The summed E-state index contributed by atoms with van der Waals surface area (Å²) in [5, 5.41) is 0. The fourth-order valence-corrected chi connectivity index (χ4v) is 2.57. The Balaban J connectivity index is 3.23. The summed E-state index contributed by atoms with van der Waals surface area (Å²) in [4.78, 5) is 0. The molecule has 0 aliphatic rings. The summed E-state index contributed by atoms with van der Waals surface area (Å²) < 4.78 is 0. The molecule has 0 heteroatoms. The number of hydrogen-bond acceptors (Lipinski definition) is 0. The van der Waals surface area contributed by atoms with Gasteiger partial charge in [-0.05, 0) is 24.7 Å². The van der Waals surface area contributed by atoms with Gasteiger partial charge in [0, 0.05) is 0 Å². The molecule has 0 heterocycles. The molecule has 0 saturated heterocycles. The van der Waals surface area contributed by atoms with E-state index >= 15 is 0 Å². The molecule has 0 amide bonds. The molecule has 0 N–H and O–H groups in total. The summed E-state index contributed by atoms with van der Waals surface area (Å²) in [6.45, 7) is 9.41. The van der Waals surface area contributed by atoms with Crippen LogP contribution in [0.4, 0.5) is 0 Å². The van der Waals surface area contributed by atoms with Gasteiger partial charge >= 0.3 is 0 Å². The third kappa shape index (κ3) is 12.5. The van der Waals surface area contributed by atoms with Crippen LogP contribution in [-0.2, 0) is 0 Å². The highest BCUT2D eigenvalue weighted by molar-refractivity contribution is 4.69. The number of hydrogen-bond donors (Lipinski definition) is 0. The van der Waals surface area contributed by atoms with E-state index in [4.69, 9.17) is 0 Å². The fourth-order valence-electron chi connectivity index (χ4n) is 2.57. The van der Waals surface area contributed by atoms with Crippen molar-refractivity contribution >= 4 is 0 Å². The molecule has 0 aliphatic heterocycles. The molecular weight excluding hydrogens is 216 g/mol. The van der Waals surface area contributed by atoms with Gasteiger partial charge in [0.25, 0.3) is 0 Å². The fraction of sp³-hybridized carbons (Fsp3) is 0.944. The predicted molar refractivity (Wildman–Crippen MR) is 84.8 cm³/mol. The van der Waals surface area contributed by atoms with Gasteiger partial charge in [-0.2, -0.15) is 0 Å². The molecule has 2 unspecified atom stereocenters. The van der Waals surface area contributed by atoms with E-state index in [1.54, 1.807) is 0 Å². The second-order valence-corrected chi connectivity index (χ2v) is 6.30. The Morgan fingerprint density at radius 2 is 1.33 bits per heavy atom. The molecule has 0 aromatic rings. The summed E-state index contributed by atoms with van der Waals surface area (Å²) in [7, 11) is 0. The van der Waals surface area contributed by atoms with Crippen LogP contribution in [0, 0.1) is 18.3 Å². The minimum atomic E-state index is 0.911. The predicted octanol–water partition coefficient (Wildman–Crippen LogP) is 6.79. The first-order valence-electron chi connectivity index (χ1n) is 8.52. The van der Waals surface area contributed by atoms with Crippen molar-refractivity contribution in [3.8, 4) is 0 Å². The van der Waals surface area contributed by atoms with Gasteiger partial charge in [0.15, 0.2) is 0 Å². The third-order valence-corrected chi connectivity index (χ3v) is 4.03. The van der Waals surface area contributed by atoms with Gasteiger partial charge in [0.1, 0.15) is 0 Å². The molecule has 109 valence electrons. The molecule has 0 rings (SSSR count). The molecule has 18 heavy (non-hydrogen) atoms. The first-order chi connectivity index (χ1) is 8.70. The SMILES string of the molecule is CCCCCC(C)C[CH]CCCC(C)CCCC. The smallest absolute Gasteiger partial charge is 0.0383 e. The summed E-state index contributed by atoms with van der Waals surface area (Å²) in [5.74, 6) is 1.86. The lowest BCUT2D eigenvalue weighted by molar-refractivity contribution is 0.444.